The Morgan fingerprint density at radius 3 is 2.70 bits per heavy atom. The molecule has 1 aliphatic rings. The fraction of sp³-hybridized carbons (Fsp3) is 0.278. The molecule has 1 aliphatic heterocycles. The number of nitrogens with zero attached hydrogens (tertiary/aromatic N) is 1. The fourth-order valence-corrected chi connectivity index (χ4v) is 4.19. The molecule has 1 atom stereocenters. The van der Waals surface area contributed by atoms with Crippen LogP contribution >= 0.6 is 0 Å². The SMILES string of the molecule is COc1ccccc1-c1cccc(NS(=O)(=O)NC2CCN(C(=O)O)C2)c1. The summed E-state index contributed by atoms with van der Waals surface area (Å²) in [4.78, 5) is 12.1. The molecule has 2 aromatic rings. The third-order valence-corrected chi connectivity index (χ3v) is 5.46. The van der Waals surface area contributed by atoms with E-state index in [1.165, 1.54) is 4.90 Å². The monoisotopic (exact) mass is 391 g/mol. The first-order chi connectivity index (χ1) is 12.9. The van der Waals surface area contributed by atoms with Gasteiger partial charge in [-0.25, -0.2) is 4.79 Å². The van der Waals surface area contributed by atoms with Crippen LogP contribution in [0.5, 0.6) is 5.75 Å². The first kappa shape index (κ1) is 19.0. The highest BCUT2D eigenvalue weighted by Gasteiger charge is 2.29. The molecule has 3 rings (SSSR count). The van der Waals surface area contributed by atoms with Crippen molar-refractivity contribution in [2.45, 2.75) is 12.5 Å². The number of methoxy groups -OCH3 is 1. The molecule has 0 bridgehead atoms. The van der Waals surface area contributed by atoms with E-state index < -0.39 is 22.3 Å². The summed E-state index contributed by atoms with van der Waals surface area (Å²) in [5, 5.41) is 8.97. The van der Waals surface area contributed by atoms with E-state index in [2.05, 4.69) is 9.44 Å². The van der Waals surface area contributed by atoms with E-state index in [1.807, 2.05) is 30.3 Å². The number of para-hydroxylation sites is 1. The minimum Gasteiger partial charge on any atom is -0.496 e. The normalized spacial score (nSPS) is 16.9. The van der Waals surface area contributed by atoms with Gasteiger partial charge in [-0.15, -0.1) is 0 Å². The van der Waals surface area contributed by atoms with E-state index in [1.54, 1.807) is 25.3 Å². The van der Waals surface area contributed by atoms with Crippen molar-refractivity contribution in [1.29, 1.82) is 0 Å². The first-order valence-electron chi connectivity index (χ1n) is 8.39. The Labute approximate surface area is 157 Å². The molecule has 0 saturated carbocycles. The number of hydrogen-bond acceptors (Lipinski definition) is 4. The number of nitrogens with one attached hydrogen (secondary N) is 2. The molecule has 8 nitrogen and oxygen atoms in total. The van der Waals surface area contributed by atoms with Crippen molar-refractivity contribution < 1.29 is 23.1 Å². The second-order valence-electron chi connectivity index (χ2n) is 6.22. The van der Waals surface area contributed by atoms with Crippen LogP contribution in [0.3, 0.4) is 0 Å². The average Bonchev–Trinajstić information content (AvgIpc) is 3.09. The van der Waals surface area contributed by atoms with Gasteiger partial charge < -0.3 is 14.7 Å². The van der Waals surface area contributed by atoms with E-state index in [0.717, 1.165) is 11.1 Å². The number of likely N-dealkylation sites (tertiary alicyclic amines) is 1. The number of hydrogen-bond donors (Lipinski definition) is 3. The molecule has 1 amide bonds. The van der Waals surface area contributed by atoms with Gasteiger partial charge in [-0.2, -0.15) is 13.1 Å². The van der Waals surface area contributed by atoms with Gasteiger partial charge in [0.2, 0.25) is 0 Å². The molecular weight excluding hydrogens is 370 g/mol. The zero-order chi connectivity index (χ0) is 19.4. The maximum Gasteiger partial charge on any atom is 0.407 e. The van der Waals surface area contributed by atoms with E-state index in [-0.39, 0.29) is 6.54 Å². The van der Waals surface area contributed by atoms with E-state index >= 15 is 0 Å². The lowest BCUT2D eigenvalue weighted by atomic mass is 10.0. The number of rotatable bonds is 6. The third kappa shape index (κ3) is 4.69. The molecule has 0 aliphatic carbocycles. The molecular formula is C18H21N3O5S. The van der Waals surface area contributed by atoms with Gasteiger partial charge in [-0.05, 0) is 30.2 Å². The van der Waals surface area contributed by atoms with Crippen molar-refractivity contribution in [3.63, 3.8) is 0 Å². The molecule has 1 saturated heterocycles. The number of carboxylic acid groups (broad SMARTS) is 1. The van der Waals surface area contributed by atoms with Crippen LogP contribution in [0.15, 0.2) is 48.5 Å². The van der Waals surface area contributed by atoms with Crippen molar-refractivity contribution in [2.75, 3.05) is 24.9 Å². The van der Waals surface area contributed by atoms with Gasteiger partial charge in [0.15, 0.2) is 0 Å². The quantitative estimate of drug-likeness (QED) is 0.701. The van der Waals surface area contributed by atoms with Gasteiger partial charge in [0.05, 0.1) is 12.8 Å². The molecule has 0 radical (unpaired) electrons. The second kappa shape index (κ2) is 7.85. The Bertz CT molecular complexity index is 932. The number of amides is 1. The van der Waals surface area contributed by atoms with Crippen LogP contribution in [0, 0.1) is 0 Å². The highest BCUT2D eigenvalue weighted by molar-refractivity contribution is 7.90. The summed E-state index contributed by atoms with van der Waals surface area (Å²) in [7, 11) is -2.25. The van der Waals surface area contributed by atoms with Crippen LogP contribution in [-0.2, 0) is 10.2 Å². The molecule has 9 heteroatoms. The Hall–Kier alpha value is -2.78. The largest absolute Gasteiger partial charge is 0.496 e. The second-order valence-corrected chi connectivity index (χ2v) is 7.67. The van der Waals surface area contributed by atoms with Crippen molar-refractivity contribution >= 4 is 22.0 Å². The summed E-state index contributed by atoms with van der Waals surface area (Å²) in [6.07, 6.45) is -0.608. The average molecular weight is 391 g/mol. The fourth-order valence-electron chi connectivity index (χ4n) is 3.07. The van der Waals surface area contributed by atoms with Gasteiger partial charge in [0, 0.05) is 24.7 Å². The topological polar surface area (TPSA) is 108 Å². The Morgan fingerprint density at radius 2 is 2.00 bits per heavy atom. The highest BCUT2D eigenvalue weighted by Crippen LogP contribution is 2.31. The van der Waals surface area contributed by atoms with E-state index in [0.29, 0.717) is 24.4 Å². The van der Waals surface area contributed by atoms with Gasteiger partial charge >= 0.3 is 6.09 Å². The summed E-state index contributed by atoms with van der Waals surface area (Å²) in [6, 6.07) is 14.0. The van der Waals surface area contributed by atoms with E-state index in [9.17, 15) is 13.2 Å². The summed E-state index contributed by atoms with van der Waals surface area (Å²) in [6.45, 7) is 0.448. The van der Waals surface area contributed by atoms with Gasteiger partial charge in [-0.3, -0.25) is 4.72 Å². The maximum absolute atomic E-state index is 12.4. The van der Waals surface area contributed by atoms with E-state index in [4.69, 9.17) is 9.84 Å². The first-order valence-corrected chi connectivity index (χ1v) is 9.87. The lowest BCUT2D eigenvalue weighted by Gasteiger charge is -2.16. The molecule has 0 spiro atoms. The van der Waals surface area contributed by atoms with Gasteiger partial charge in [0.25, 0.3) is 10.2 Å². The Morgan fingerprint density at radius 1 is 1.22 bits per heavy atom. The van der Waals surface area contributed by atoms with Crippen LogP contribution in [-0.4, -0.2) is 50.8 Å². The van der Waals surface area contributed by atoms with Crippen LogP contribution in [0.1, 0.15) is 6.42 Å². The van der Waals surface area contributed by atoms with Crippen molar-refractivity contribution in [1.82, 2.24) is 9.62 Å². The van der Waals surface area contributed by atoms with Gasteiger partial charge in [0.1, 0.15) is 5.75 Å². The molecule has 144 valence electrons. The predicted octanol–water partition coefficient (Wildman–Crippen LogP) is 2.36. The summed E-state index contributed by atoms with van der Waals surface area (Å²) >= 11 is 0. The van der Waals surface area contributed by atoms with Crippen molar-refractivity contribution in [3.05, 3.63) is 48.5 Å². The highest BCUT2D eigenvalue weighted by atomic mass is 32.2. The number of ether oxygens (including phenoxy) is 1. The molecule has 27 heavy (non-hydrogen) atoms. The summed E-state index contributed by atoms with van der Waals surface area (Å²) in [5.74, 6) is 0.690. The minimum atomic E-state index is -3.83. The Kier molecular flexibility index (Phi) is 5.52. The number of anilines is 1. The third-order valence-electron chi connectivity index (χ3n) is 4.31. The summed E-state index contributed by atoms with van der Waals surface area (Å²) < 4.78 is 35.1. The molecule has 1 heterocycles. The van der Waals surface area contributed by atoms with Crippen LogP contribution in [0.4, 0.5) is 10.5 Å². The van der Waals surface area contributed by atoms with Crippen molar-refractivity contribution in [3.8, 4) is 16.9 Å². The number of benzene rings is 2. The zero-order valence-electron chi connectivity index (χ0n) is 14.8. The number of carbonyl (C=O) groups is 1. The zero-order valence-corrected chi connectivity index (χ0v) is 15.6. The summed E-state index contributed by atoms with van der Waals surface area (Å²) in [5.41, 5.74) is 2.06. The standard InChI is InChI=1S/C18H21N3O5S/c1-26-17-8-3-2-7-16(17)13-5-4-6-14(11-13)19-27(24,25)20-15-9-10-21(12-15)18(22)23/h2-8,11,15,19-20H,9-10,12H2,1H3,(H,22,23). The molecule has 1 fully saturated rings. The minimum absolute atomic E-state index is 0.136. The predicted molar refractivity (Wildman–Crippen MR) is 102 cm³/mol. The lowest BCUT2D eigenvalue weighted by molar-refractivity contribution is 0.155. The van der Waals surface area contributed by atoms with Gasteiger partial charge in [-0.1, -0.05) is 30.3 Å². The van der Waals surface area contributed by atoms with Crippen molar-refractivity contribution in [2.24, 2.45) is 0 Å². The lowest BCUT2D eigenvalue weighted by Crippen LogP contribution is -2.40. The smallest absolute Gasteiger partial charge is 0.407 e. The maximum atomic E-state index is 12.4. The van der Waals surface area contributed by atoms with Crippen LogP contribution in [0.2, 0.25) is 0 Å². The van der Waals surface area contributed by atoms with Crippen LogP contribution in [0.25, 0.3) is 11.1 Å². The molecule has 2 aromatic carbocycles. The van der Waals surface area contributed by atoms with Crippen LogP contribution < -0.4 is 14.2 Å². The Balaban J connectivity index is 1.73. The molecule has 1 unspecified atom stereocenters. The molecule has 3 N–H and O–H groups in total. The molecule has 0 aromatic heterocycles.